The van der Waals surface area contributed by atoms with E-state index in [0.29, 0.717) is 17.9 Å². The number of hydrogen-bond acceptors (Lipinski definition) is 3. The van der Waals surface area contributed by atoms with Gasteiger partial charge in [0.1, 0.15) is 5.82 Å². The summed E-state index contributed by atoms with van der Waals surface area (Å²) < 4.78 is 0. The third kappa shape index (κ3) is 2.72. The van der Waals surface area contributed by atoms with E-state index in [4.69, 9.17) is 0 Å². The normalized spacial score (nSPS) is 11.3. The van der Waals surface area contributed by atoms with Crippen LogP contribution in [0, 0.1) is 0 Å². The first-order chi connectivity index (χ1) is 9.47. The summed E-state index contributed by atoms with van der Waals surface area (Å²) in [5.74, 6) is 0.714. The molecule has 0 spiro atoms. The summed E-state index contributed by atoms with van der Waals surface area (Å²) in [6.45, 7) is 10.7. The highest BCUT2D eigenvalue weighted by Gasteiger charge is 2.24. The van der Waals surface area contributed by atoms with Gasteiger partial charge in [0.05, 0.1) is 11.1 Å². The van der Waals surface area contributed by atoms with E-state index >= 15 is 0 Å². The second-order valence-corrected chi connectivity index (χ2v) is 5.78. The molecule has 20 heavy (non-hydrogen) atoms. The molecule has 0 aliphatic heterocycles. The van der Waals surface area contributed by atoms with Gasteiger partial charge in [-0.3, -0.25) is 4.79 Å². The van der Waals surface area contributed by atoms with Gasteiger partial charge in [0.15, 0.2) is 6.29 Å². The number of carbonyl (C=O) groups excluding carboxylic acids is 1. The Morgan fingerprint density at radius 3 is 2.60 bits per heavy atom. The van der Waals surface area contributed by atoms with Gasteiger partial charge in [-0.2, -0.15) is 0 Å². The van der Waals surface area contributed by atoms with Crippen molar-refractivity contribution in [3.8, 4) is 0 Å². The Balaban J connectivity index is 2.66. The molecule has 104 valence electrons. The summed E-state index contributed by atoms with van der Waals surface area (Å²) in [5, 5.41) is 0.978. The number of rotatable bonds is 4. The molecular weight excluding hydrogens is 248 g/mol. The lowest BCUT2D eigenvalue weighted by Crippen LogP contribution is -2.42. The Morgan fingerprint density at radius 1 is 1.30 bits per heavy atom. The van der Waals surface area contributed by atoms with Crippen LogP contribution in [0.25, 0.3) is 10.9 Å². The van der Waals surface area contributed by atoms with Crippen LogP contribution < -0.4 is 4.90 Å². The molecule has 0 aliphatic rings. The minimum Gasteiger partial charge on any atom is -0.347 e. The van der Waals surface area contributed by atoms with Crippen molar-refractivity contribution in [1.29, 1.82) is 0 Å². The van der Waals surface area contributed by atoms with Gasteiger partial charge in [0.25, 0.3) is 0 Å². The zero-order chi connectivity index (χ0) is 14.8. The van der Waals surface area contributed by atoms with E-state index in [1.165, 1.54) is 0 Å². The number of aromatic nitrogens is 1. The molecule has 1 aromatic carbocycles. The molecular formula is C17H20N2O. The van der Waals surface area contributed by atoms with Gasteiger partial charge in [-0.15, -0.1) is 6.58 Å². The molecule has 0 fully saturated rings. The third-order valence-electron chi connectivity index (χ3n) is 3.24. The Morgan fingerprint density at radius 2 is 2.00 bits per heavy atom. The van der Waals surface area contributed by atoms with Crippen molar-refractivity contribution >= 4 is 23.0 Å². The molecule has 0 amide bonds. The molecule has 0 aliphatic carbocycles. The lowest BCUT2D eigenvalue weighted by molar-refractivity contribution is 0.112. The first kappa shape index (κ1) is 14.3. The average Bonchev–Trinajstić information content (AvgIpc) is 2.42. The fraction of sp³-hybridized carbons (Fsp3) is 0.294. The van der Waals surface area contributed by atoms with E-state index in [-0.39, 0.29) is 5.54 Å². The summed E-state index contributed by atoms with van der Waals surface area (Å²) in [7, 11) is 0. The van der Waals surface area contributed by atoms with Crippen LogP contribution in [-0.2, 0) is 0 Å². The van der Waals surface area contributed by atoms with Crippen molar-refractivity contribution in [2.75, 3.05) is 11.4 Å². The van der Waals surface area contributed by atoms with Gasteiger partial charge in [0, 0.05) is 17.5 Å². The molecule has 0 bridgehead atoms. The standard InChI is InChI=1S/C17H20N2O/c1-5-10-19(17(2,3)4)16-14(12-20)11-13-8-6-7-9-15(13)18-16/h5-9,11-12H,1,10H2,2-4H3. The number of hydrogen-bond donors (Lipinski definition) is 0. The van der Waals surface area contributed by atoms with Crippen molar-refractivity contribution in [3.05, 3.63) is 48.6 Å². The Hall–Kier alpha value is -2.16. The molecule has 2 rings (SSSR count). The fourth-order valence-corrected chi connectivity index (χ4v) is 2.23. The first-order valence-electron chi connectivity index (χ1n) is 6.71. The van der Waals surface area contributed by atoms with Crippen molar-refractivity contribution in [1.82, 2.24) is 4.98 Å². The molecule has 0 atom stereocenters. The van der Waals surface area contributed by atoms with E-state index in [0.717, 1.165) is 17.2 Å². The van der Waals surface area contributed by atoms with Crippen LogP contribution in [0.2, 0.25) is 0 Å². The molecule has 1 heterocycles. The maximum Gasteiger partial charge on any atom is 0.153 e. The highest BCUT2D eigenvalue weighted by molar-refractivity contribution is 5.92. The van der Waals surface area contributed by atoms with E-state index in [9.17, 15) is 4.79 Å². The maximum absolute atomic E-state index is 11.4. The predicted molar refractivity (Wildman–Crippen MR) is 84.4 cm³/mol. The molecule has 3 nitrogen and oxygen atoms in total. The molecule has 0 saturated carbocycles. The SMILES string of the molecule is C=CCN(c1nc2ccccc2cc1C=O)C(C)(C)C. The molecule has 0 unspecified atom stereocenters. The smallest absolute Gasteiger partial charge is 0.153 e. The van der Waals surface area contributed by atoms with Crippen molar-refractivity contribution in [2.45, 2.75) is 26.3 Å². The predicted octanol–water partition coefficient (Wildman–Crippen LogP) is 3.84. The van der Waals surface area contributed by atoms with Crippen LogP contribution in [0.15, 0.2) is 43.0 Å². The Bertz CT molecular complexity index is 641. The van der Waals surface area contributed by atoms with Gasteiger partial charge in [-0.05, 0) is 32.9 Å². The van der Waals surface area contributed by atoms with Gasteiger partial charge >= 0.3 is 0 Å². The first-order valence-corrected chi connectivity index (χ1v) is 6.71. The fourth-order valence-electron chi connectivity index (χ4n) is 2.23. The van der Waals surface area contributed by atoms with Crippen LogP contribution in [0.5, 0.6) is 0 Å². The summed E-state index contributed by atoms with van der Waals surface area (Å²) in [6, 6.07) is 9.72. The zero-order valence-electron chi connectivity index (χ0n) is 12.3. The lowest BCUT2D eigenvalue weighted by Gasteiger charge is -2.36. The summed E-state index contributed by atoms with van der Waals surface area (Å²) in [6.07, 6.45) is 2.70. The molecule has 0 saturated heterocycles. The zero-order valence-corrected chi connectivity index (χ0v) is 12.3. The summed E-state index contributed by atoms with van der Waals surface area (Å²) in [4.78, 5) is 18.2. The van der Waals surface area contributed by atoms with E-state index in [2.05, 4.69) is 37.2 Å². The van der Waals surface area contributed by atoms with E-state index < -0.39 is 0 Å². The summed E-state index contributed by atoms with van der Waals surface area (Å²) >= 11 is 0. The lowest BCUT2D eigenvalue weighted by atomic mass is 10.0. The maximum atomic E-state index is 11.4. The van der Waals surface area contributed by atoms with Gasteiger partial charge in [-0.25, -0.2) is 4.98 Å². The molecule has 0 N–H and O–H groups in total. The van der Waals surface area contributed by atoms with E-state index in [1.54, 1.807) is 0 Å². The largest absolute Gasteiger partial charge is 0.347 e. The van der Waals surface area contributed by atoms with Gasteiger partial charge in [-0.1, -0.05) is 24.3 Å². The topological polar surface area (TPSA) is 33.2 Å². The quantitative estimate of drug-likeness (QED) is 0.624. The minimum atomic E-state index is -0.137. The molecule has 2 aromatic rings. The monoisotopic (exact) mass is 268 g/mol. The van der Waals surface area contributed by atoms with Crippen LogP contribution in [-0.4, -0.2) is 23.4 Å². The number of nitrogens with zero attached hydrogens (tertiary/aromatic N) is 2. The number of para-hydroxylation sites is 1. The number of anilines is 1. The number of fused-ring (bicyclic) bond motifs is 1. The third-order valence-corrected chi connectivity index (χ3v) is 3.24. The highest BCUT2D eigenvalue weighted by Crippen LogP contribution is 2.27. The van der Waals surface area contributed by atoms with Crippen LogP contribution in [0.3, 0.4) is 0 Å². The van der Waals surface area contributed by atoms with Crippen molar-refractivity contribution in [2.24, 2.45) is 0 Å². The van der Waals surface area contributed by atoms with Gasteiger partial charge < -0.3 is 4.90 Å². The number of aldehydes is 1. The van der Waals surface area contributed by atoms with E-state index in [1.807, 2.05) is 36.4 Å². The number of carbonyl (C=O) groups is 1. The highest BCUT2D eigenvalue weighted by atomic mass is 16.1. The van der Waals surface area contributed by atoms with Crippen molar-refractivity contribution < 1.29 is 4.79 Å². The average molecular weight is 268 g/mol. The molecule has 1 aromatic heterocycles. The molecule has 0 radical (unpaired) electrons. The number of pyridine rings is 1. The Kier molecular flexibility index (Phi) is 3.89. The van der Waals surface area contributed by atoms with Crippen LogP contribution >= 0.6 is 0 Å². The molecule has 3 heteroatoms. The van der Waals surface area contributed by atoms with Crippen molar-refractivity contribution in [3.63, 3.8) is 0 Å². The van der Waals surface area contributed by atoms with Gasteiger partial charge in [0.2, 0.25) is 0 Å². The van der Waals surface area contributed by atoms with Crippen LogP contribution in [0.1, 0.15) is 31.1 Å². The van der Waals surface area contributed by atoms with Crippen LogP contribution in [0.4, 0.5) is 5.82 Å². The minimum absolute atomic E-state index is 0.137. The number of benzene rings is 1. The second-order valence-electron chi connectivity index (χ2n) is 5.78. The Labute approximate surface area is 119 Å². The second kappa shape index (κ2) is 5.45. The summed E-state index contributed by atoms with van der Waals surface area (Å²) in [5.41, 5.74) is 1.37.